The van der Waals surface area contributed by atoms with Gasteiger partial charge in [-0.3, -0.25) is 4.79 Å². The molecule has 19 heavy (non-hydrogen) atoms. The van der Waals surface area contributed by atoms with Crippen molar-refractivity contribution in [2.45, 2.75) is 20.4 Å². The first-order valence-electron chi connectivity index (χ1n) is 6.05. The van der Waals surface area contributed by atoms with Gasteiger partial charge in [-0.15, -0.1) is 0 Å². The van der Waals surface area contributed by atoms with E-state index in [1.54, 1.807) is 19.9 Å². The van der Waals surface area contributed by atoms with E-state index < -0.39 is 5.41 Å². The molecule has 5 heteroatoms. The molecule has 0 aromatic heterocycles. The molecule has 0 fully saturated rings. The molecule has 0 radical (unpaired) electrons. The number of esters is 1. The highest BCUT2D eigenvalue weighted by Crippen LogP contribution is 2.30. The van der Waals surface area contributed by atoms with Gasteiger partial charge >= 0.3 is 5.97 Å². The molecule has 4 nitrogen and oxygen atoms in total. The van der Waals surface area contributed by atoms with Gasteiger partial charge in [-0.2, -0.15) is 0 Å². The van der Waals surface area contributed by atoms with Crippen molar-refractivity contribution in [3.8, 4) is 5.75 Å². The Balaban J connectivity index is 2.85. The normalized spacial score (nSPS) is 11.2. The van der Waals surface area contributed by atoms with Crippen molar-refractivity contribution in [3.63, 3.8) is 0 Å². The van der Waals surface area contributed by atoms with Crippen LogP contribution >= 0.6 is 11.6 Å². The van der Waals surface area contributed by atoms with Crippen LogP contribution in [0.2, 0.25) is 5.02 Å². The number of para-hydroxylation sites is 1. The van der Waals surface area contributed by atoms with Crippen molar-refractivity contribution in [1.82, 2.24) is 5.32 Å². The minimum atomic E-state index is -0.717. The first-order valence-corrected chi connectivity index (χ1v) is 6.43. The van der Waals surface area contributed by atoms with Gasteiger partial charge in [-0.1, -0.05) is 23.7 Å². The average Bonchev–Trinajstić information content (AvgIpc) is 2.37. The highest BCUT2D eigenvalue weighted by Gasteiger charge is 2.30. The van der Waals surface area contributed by atoms with Crippen LogP contribution < -0.4 is 10.1 Å². The predicted molar refractivity (Wildman–Crippen MR) is 75.5 cm³/mol. The summed E-state index contributed by atoms with van der Waals surface area (Å²) in [4.78, 5) is 11.6. The SMILES string of the molecule is CNCc1cccc(Cl)c1OCC(C)(C)C(=O)OC. The molecule has 1 N–H and O–H groups in total. The Morgan fingerprint density at radius 2 is 2.11 bits per heavy atom. The molecule has 0 saturated heterocycles. The minimum Gasteiger partial charge on any atom is -0.491 e. The fourth-order valence-electron chi connectivity index (χ4n) is 1.63. The van der Waals surface area contributed by atoms with E-state index in [0.29, 0.717) is 17.3 Å². The predicted octanol–water partition coefficient (Wildman–Crippen LogP) is 2.64. The fraction of sp³-hybridized carbons (Fsp3) is 0.500. The number of nitrogens with one attached hydrogen (secondary N) is 1. The second-order valence-corrected chi connectivity index (χ2v) is 5.33. The van der Waals surface area contributed by atoms with E-state index in [0.717, 1.165) is 5.56 Å². The van der Waals surface area contributed by atoms with Crippen molar-refractivity contribution in [1.29, 1.82) is 0 Å². The van der Waals surface area contributed by atoms with Gasteiger partial charge in [0.1, 0.15) is 12.4 Å². The molecular weight excluding hydrogens is 266 g/mol. The number of hydrogen-bond acceptors (Lipinski definition) is 4. The second kappa shape index (κ2) is 6.78. The Morgan fingerprint density at radius 3 is 2.68 bits per heavy atom. The van der Waals surface area contributed by atoms with E-state index >= 15 is 0 Å². The van der Waals surface area contributed by atoms with E-state index in [9.17, 15) is 4.79 Å². The van der Waals surface area contributed by atoms with Crippen molar-refractivity contribution < 1.29 is 14.3 Å². The van der Waals surface area contributed by atoms with Crippen molar-refractivity contribution in [2.24, 2.45) is 5.41 Å². The van der Waals surface area contributed by atoms with Crippen LogP contribution in [0.15, 0.2) is 18.2 Å². The monoisotopic (exact) mass is 285 g/mol. The molecule has 0 aliphatic heterocycles. The van der Waals surface area contributed by atoms with Crippen LogP contribution in [0.4, 0.5) is 0 Å². The van der Waals surface area contributed by atoms with Crippen molar-refractivity contribution >= 4 is 17.6 Å². The highest BCUT2D eigenvalue weighted by molar-refractivity contribution is 6.32. The van der Waals surface area contributed by atoms with Crippen molar-refractivity contribution in [3.05, 3.63) is 28.8 Å². The van der Waals surface area contributed by atoms with Gasteiger partial charge in [0, 0.05) is 12.1 Å². The van der Waals surface area contributed by atoms with E-state index in [4.69, 9.17) is 21.1 Å². The average molecular weight is 286 g/mol. The summed E-state index contributed by atoms with van der Waals surface area (Å²) in [7, 11) is 3.22. The third-order valence-electron chi connectivity index (χ3n) is 2.73. The number of benzene rings is 1. The molecule has 0 bridgehead atoms. The first kappa shape index (κ1) is 15.8. The summed E-state index contributed by atoms with van der Waals surface area (Å²) in [6, 6.07) is 5.57. The zero-order valence-corrected chi connectivity index (χ0v) is 12.5. The summed E-state index contributed by atoms with van der Waals surface area (Å²) in [6.07, 6.45) is 0. The summed E-state index contributed by atoms with van der Waals surface area (Å²) < 4.78 is 10.5. The number of halogens is 1. The maximum Gasteiger partial charge on any atom is 0.314 e. The van der Waals surface area contributed by atoms with Gasteiger partial charge in [0.2, 0.25) is 0 Å². The Hall–Kier alpha value is -1.26. The van der Waals surface area contributed by atoms with E-state index in [1.165, 1.54) is 7.11 Å². The number of rotatable bonds is 6. The van der Waals surface area contributed by atoms with E-state index in [2.05, 4.69) is 5.32 Å². The van der Waals surface area contributed by atoms with Crippen LogP contribution in [0, 0.1) is 5.41 Å². The summed E-state index contributed by atoms with van der Waals surface area (Å²) in [6.45, 7) is 4.40. The largest absolute Gasteiger partial charge is 0.491 e. The zero-order valence-electron chi connectivity index (χ0n) is 11.7. The number of carbonyl (C=O) groups excluding carboxylic acids is 1. The van der Waals surface area contributed by atoms with Crippen LogP contribution in [0.5, 0.6) is 5.75 Å². The number of ether oxygens (including phenoxy) is 2. The summed E-state index contributed by atoms with van der Waals surface area (Å²) >= 11 is 6.14. The maximum atomic E-state index is 11.6. The lowest BCUT2D eigenvalue weighted by Crippen LogP contribution is -2.32. The van der Waals surface area contributed by atoms with Gasteiger partial charge in [-0.05, 0) is 27.0 Å². The molecule has 0 heterocycles. The molecule has 106 valence electrons. The molecule has 1 aromatic rings. The zero-order chi connectivity index (χ0) is 14.5. The maximum absolute atomic E-state index is 11.6. The lowest BCUT2D eigenvalue weighted by Gasteiger charge is -2.23. The highest BCUT2D eigenvalue weighted by atomic mass is 35.5. The Morgan fingerprint density at radius 1 is 1.42 bits per heavy atom. The van der Waals surface area contributed by atoms with Crippen LogP contribution in [0.3, 0.4) is 0 Å². The molecule has 0 amide bonds. The summed E-state index contributed by atoms with van der Waals surface area (Å²) in [5.41, 5.74) is 0.237. The molecular formula is C14H20ClNO3. The number of methoxy groups -OCH3 is 1. The van der Waals surface area contributed by atoms with Gasteiger partial charge in [0.05, 0.1) is 17.5 Å². The van der Waals surface area contributed by atoms with E-state index in [1.807, 2.05) is 19.2 Å². The van der Waals surface area contributed by atoms with Crippen LogP contribution in [-0.2, 0) is 16.1 Å². The third-order valence-corrected chi connectivity index (χ3v) is 3.03. The molecule has 0 spiro atoms. The molecule has 0 saturated carbocycles. The van der Waals surface area contributed by atoms with E-state index in [-0.39, 0.29) is 12.6 Å². The van der Waals surface area contributed by atoms with Crippen LogP contribution in [0.25, 0.3) is 0 Å². The molecule has 1 aromatic carbocycles. The lowest BCUT2D eigenvalue weighted by molar-refractivity contribution is -0.152. The molecule has 0 unspecified atom stereocenters. The smallest absolute Gasteiger partial charge is 0.314 e. The summed E-state index contributed by atoms with van der Waals surface area (Å²) in [5.74, 6) is 0.296. The third kappa shape index (κ3) is 4.11. The van der Waals surface area contributed by atoms with Gasteiger partial charge in [0.25, 0.3) is 0 Å². The van der Waals surface area contributed by atoms with Gasteiger partial charge in [-0.25, -0.2) is 0 Å². The van der Waals surface area contributed by atoms with Gasteiger partial charge in [0.15, 0.2) is 0 Å². The molecule has 0 atom stereocenters. The van der Waals surface area contributed by atoms with Gasteiger partial charge < -0.3 is 14.8 Å². The lowest BCUT2D eigenvalue weighted by atomic mass is 9.95. The standard InChI is InChI=1S/C14H20ClNO3/c1-14(2,13(17)18-4)9-19-12-10(8-16-3)6-5-7-11(12)15/h5-7,16H,8-9H2,1-4H3. The topological polar surface area (TPSA) is 47.6 Å². The van der Waals surface area contributed by atoms with Crippen LogP contribution in [0.1, 0.15) is 19.4 Å². The van der Waals surface area contributed by atoms with Crippen molar-refractivity contribution in [2.75, 3.05) is 20.8 Å². The Bertz CT molecular complexity index is 446. The number of carbonyl (C=O) groups is 1. The molecule has 0 aliphatic carbocycles. The number of hydrogen-bond donors (Lipinski definition) is 1. The summed E-state index contributed by atoms with van der Waals surface area (Å²) in [5, 5.41) is 3.59. The Kier molecular flexibility index (Phi) is 5.63. The second-order valence-electron chi connectivity index (χ2n) is 4.92. The first-order chi connectivity index (χ1) is 8.92. The Labute approximate surface area is 119 Å². The van der Waals surface area contributed by atoms with Crippen LogP contribution in [-0.4, -0.2) is 26.7 Å². The fourth-order valence-corrected chi connectivity index (χ4v) is 1.88. The quantitative estimate of drug-likeness (QED) is 0.816. The molecule has 1 rings (SSSR count). The molecule has 0 aliphatic rings. The minimum absolute atomic E-state index is 0.208.